The van der Waals surface area contributed by atoms with E-state index in [-0.39, 0.29) is 0 Å². The van der Waals surface area contributed by atoms with Crippen molar-refractivity contribution in [3.05, 3.63) is 64.7 Å². The standard InChI is InChI=1S/C16H15N3/c17-8-12-2-1-3-13(6-12)9-19-10-14-4-5-16(18)7-15(14)11-19/h1-7H,9-11,18H2. The minimum Gasteiger partial charge on any atom is -0.399 e. The summed E-state index contributed by atoms with van der Waals surface area (Å²) in [5.41, 5.74) is 11.2. The maximum Gasteiger partial charge on any atom is 0.0991 e. The van der Waals surface area contributed by atoms with Crippen LogP contribution in [0, 0.1) is 11.3 Å². The number of nitrogens with zero attached hydrogens (tertiary/aromatic N) is 2. The lowest BCUT2D eigenvalue weighted by Crippen LogP contribution is -2.15. The predicted molar refractivity (Wildman–Crippen MR) is 75.0 cm³/mol. The Morgan fingerprint density at radius 2 is 1.95 bits per heavy atom. The van der Waals surface area contributed by atoms with Crippen LogP contribution in [0.4, 0.5) is 5.69 Å². The molecule has 19 heavy (non-hydrogen) atoms. The van der Waals surface area contributed by atoms with Gasteiger partial charge in [0.25, 0.3) is 0 Å². The van der Waals surface area contributed by atoms with E-state index in [1.165, 1.54) is 16.7 Å². The Labute approximate surface area is 112 Å². The lowest BCUT2D eigenvalue weighted by atomic mass is 10.1. The Bertz CT molecular complexity index is 655. The summed E-state index contributed by atoms with van der Waals surface area (Å²) in [6.45, 7) is 2.74. The molecule has 0 saturated heterocycles. The van der Waals surface area contributed by atoms with Crippen LogP contribution in [0.25, 0.3) is 0 Å². The molecule has 2 N–H and O–H groups in total. The molecule has 0 amide bonds. The average Bonchev–Trinajstić information content (AvgIpc) is 2.80. The first kappa shape index (κ1) is 11.8. The van der Waals surface area contributed by atoms with Gasteiger partial charge in [-0.1, -0.05) is 18.2 Å². The zero-order chi connectivity index (χ0) is 13.2. The molecule has 1 aliphatic rings. The van der Waals surface area contributed by atoms with Crippen LogP contribution in [-0.2, 0) is 19.6 Å². The first-order valence-electron chi connectivity index (χ1n) is 6.33. The third-order valence-corrected chi connectivity index (χ3v) is 3.48. The van der Waals surface area contributed by atoms with Gasteiger partial charge in [0, 0.05) is 25.3 Å². The lowest BCUT2D eigenvalue weighted by molar-refractivity contribution is 0.275. The number of nitrogens with two attached hydrogens (primary N) is 1. The molecule has 3 nitrogen and oxygen atoms in total. The first-order chi connectivity index (χ1) is 9.24. The minimum absolute atomic E-state index is 0.721. The van der Waals surface area contributed by atoms with E-state index in [0.29, 0.717) is 0 Å². The van der Waals surface area contributed by atoms with Gasteiger partial charge in [-0.3, -0.25) is 4.90 Å². The Hall–Kier alpha value is -2.31. The molecule has 0 aromatic heterocycles. The molecule has 3 rings (SSSR count). The SMILES string of the molecule is N#Cc1cccc(CN2Cc3ccc(N)cc3C2)c1. The van der Waals surface area contributed by atoms with Gasteiger partial charge in [-0.2, -0.15) is 5.26 Å². The van der Waals surface area contributed by atoms with Crippen LogP contribution in [0.2, 0.25) is 0 Å². The van der Waals surface area contributed by atoms with E-state index in [1.807, 2.05) is 24.3 Å². The summed E-state index contributed by atoms with van der Waals surface area (Å²) >= 11 is 0. The molecule has 0 bridgehead atoms. The van der Waals surface area contributed by atoms with Gasteiger partial charge in [-0.05, 0) is 41.0 Å². The normalized spacial score (nSPS) is 14.1. The molecule has 1 aliphatic heterocycles. The molecule has 2 aromatic carbocycles. The van der Waals surface area contributed by atoms with Crippen LogP contribution in [0.15, 0.2) is 42.5 Å². The summed E-state index contributed by atoms with van der Waals surface area (Å²) in [5, 5.41) is 8.92. The molecule has 1 heterocycles. The van der Waals surface area contributed by atoms with Crippen molar-refractivity contribution in [2.24, 2.45) is 0 Å². The predicted octanol–water partition coefficient (Wildman–Crippen LogP) is 2.66. The first-order valence-corrected chi connectivity index (χ1v) is 6.33. The van der Waals surface area contributed by atoms with Gasteiger partial charge < -0.3 is 5.73 Å². The van der Waals surface area contributed by atoms with Crippen molar-refractivity contribution >= 4 is 5.69 Å². The van der Waals surface area contributed by atoms with Crippen LogP contribution in [0.1, 0.15) is 22.3 Å². The summed E-state index contributed by atoms with van der Waals surface area (Å²) in [6, 6.07) is 16.1. The van der Waals surface area contributed by atoms with Gasteiger partial charge in [-0.15, -0.1) is 0 Å². The van der Waals surface area contributed by atoms with Crippen molar-refractivity contribution in [1.82, 2.24) is 4.90 Å². The van der Waals surface area contributed by atoms with Gasteiger partial charge in [0.1, 0.15) is 0 Å². The van der Waals surface area contributed by atoms with E-state index in [2.05, 4.69) is 29.2 Å². The maximum atomic E-state index is 8.92. The largest absolute Gasteiger partial charge is 0.399 e. The Balaban J connectivity index is 1.75. The Morgan fingerprint density at radius 1 is 1.11 bits per heavy atom. The monoisotopic (exact) mass is 249 g/mol. The van der Waals surface area contributed by atoms with E-state index in [1.54, 1.807) is 0 Å². The molecule has 94 valence electrons. The third-order valence-electron chi connectivity index (χ3n) is 3.48. The minimum atomic E-state index is 0.721. The smallest absolute Gasteiger partial charge is 0.0991 e. The van der Waals surface area contributed by atoms with E-state index in [4.69, 9.17) is 11.0 Å². The fourth-order valence-corrected chi connectivity index (χ4v) is 2.59. The zero-order valence-electron chi connectivity index (χ0n) is 10.6. The number of hydrogen-bond donors (Lipinski definition) is 1. The average molecular weight is 249 g/mol. The van der Waals surface area contributed by atoms with Crippen LogP contribution in [0.5, 0.6) is 0 Å². The van der Waals surface area contributed by atoms with Crippen molar-refractivity contribution in [2.45, 2.75) is 19.6 Å². The highest BCUT2D eigenvalue weighted by Crippen LogP contribution is 2.26. The summed E-state index contributed by atoms with van der Waals surface area (Å²) in [5.74, 6) is 0. The Kier molecular flexibility index (Phi) is 2.94. The second-order valence-electron chi connectivity index (χ2n) is 4.99. The van der Waals surface area contributed by atoms with Crippen molar-refractivity contribution in [2.75, 3.05) is 5.73 Å². The summed E-state index contributed by atoms with van der Waals surface area (Å²) in [7, 11) is 0. The third kappa shape index (κ3) is 2.44. The number of nitriles is 1. The van der Waals surface area contributed by atoms with Crippen molar-refractivity contribution in [3.63, 3.8) is 0 Å². The lowest BCUT2D eigenvalue weighted by Gasteiger charge is -2.14. The van der Waals surface area contributed by atoms with Crippen LogP contribution in [-0.4, -0.2) is 4.90 Å². The van der Waals surface area contributed by atoms with Gasteiger partial charge >= 0.3 is 0 Å². The topological polar surface area (TPSA) is 53.0 Å². The van der Waals surface area contributed by atoms with Crippen LogP contribution >= 0.6 is 0 Å². The number of fused-ring (bicyclic) bond motifs is 1. The second kappa shape index (κ2) is 4.75. The van der Waals surface area contributed by atoms with Gasteiger partial charge in [0.15, 0.2) is 0 Å². The molecule has 0 saturated carbocycles. The highest BCUT2D eigenvalue weighted by molar-refractivity contribution is 5.46. The summed E-state index contributed by atoms with van der Waals surface area (Å²) < 4.78 is 0. The molecular weight excluding hydrogens is 234 g/mol. The zero-order valence-corrected chi connectivity index (χ0v) is 10.6. The number of nitrogen functional groups attached to an aromatic ring is 1. The van der Waals surface area contributed by atoms with Crippen molar-refractivity contribution in [1.29, 1.82) is 5.26 Å². The van der Waals surface area contributed by atoms with E-state index < -0.39 is 0 Å². The molecule has 2 aromatic rings. The quantitative estimate of drug-likeness (QED) is 0.832. The van der Waals surface area contributed by atoms with E-state index >= 15 is 0 Å². The molecule has 3 heteroatoms. The highest BCUT2D eigenvalue weighted by atomic mass is 15.1. The molecule has 0 atom stereocenters. The molecule has 0 radical (unpaired) electrons. The van der Waals surface area contributed by atoms with Crippen molar-refractivity contribution in [3.8, 4) is 6.07 Å². The number of rotatable bonds is 2. The van der Waals surface area contributed by atoms with Gasteiger partial charge in [0.05, 0.1) is 11.6 Å². The number of hydrogen-bond acceptors (Lipinski definition) is 3. The van der Waals surface area contributed by atoms with E-state index in [9.17, 15) is 0 Å². The number of benzene rings is 2. The molecule has 0 spiro atoms. The van der Waals surface area contributed by atoms with Gasteiger partial charge in [0.2, 0.25) is 0 Å². The Morgan fingerprint density at radius 3 is 2.79 bits per heavy atom. The highest BCUT2D eigenvalue weighted by Gasteiger charge is 2.18. The van der Waals surface area contributed by atoms with E-state index in [0.717, 1.165) is 30.9 Å². The molecule has 0 fully saturated rings. The molecule has 0 unspecified atom stereocenters. The summed E-state index contributed by atoms with van der Waals surface area (Å²) in [4.78, 5) is 2.36. The number of anilines is 1. The molecular formula is C16H15N3. The maximum absolute atomic E-state index is 8.92. The second-order valence-corrected chi connectivity index (χ2v) is 4.99. The van der Waals surface area contributed by atoms with Crippen LogP contribution in [0.3, 0.4) is 0 Å². The fraction of sp³-hybridized carbons (Fsp3) is 0.188. The van der Waals surface area contributed by atoms with Crippen LogP contribution < -0.4 is 5.73 Å². The fourth-order valence-electron chi connectivity index (χ4n) is 2.59. The van der Waals surface area contributed by atoms with Crippen molar-refractivity contribution < 1.29 is 0 Å². The summed E-state index contributed by atoms with van der Waals surface area (Å²) in [6.07, 6.45) is 0. The van der Waals surface area contributed by atoms with Gasteiger partial charge in [-0.25, -0.2) is 0 Å². The molecule has 0 aliphatic carbocycles.